The Morgan fingerprint density at radius 2 is 1.51 bits per heavy atom. The summed E-state index contributed by atoms with van der Waals surface area (Å²) in [7, 11) is 0. The first-order valence-corrected chi connectivity index (χ1v) is 14.1. The van der Waals surface area contributed by atoms with E-state index in [2.05, 4.69) is 5.32 Å². The van der Waals surface area contributed by atoms with Crippen molar-refractivity contribution in [2.75, 3.05) is 5.75 Å². The molecular formula is C28H26Cl3NO6S. The Kier molecular flexibility index (Phi) is 10.2. The molecule has 1 heterocycles. The van der Waals surface area contributed by atoms with Crippen LogP contribution in [-0.2, 0) is 27.4 Å². The van der Waals surface area contributed by atoms with Crippen LogP contribution in [0.1, 0.15) is 51.4 Å². The molecule has 0 aromatic heterocycles. The topological polar surface area (TPSA) is 105 Å². The number of ether oxygens (including phenoxy) is 2. The monoisotopic (exact) mass is 609 g/mol. The van der Waals surface area contributed by atoms with E-state index in [1.807, 2.05) is 48.5 Å². The lowest BCUT2D eigenvalue weighted by Gasteiger charge is -2.36. The third kappa shape index (κ3) is 8.35. The van der Waals surface area contributed by atoms with Crippen molar-refractivity contribution < 1.29 is 29.3 Å². The number of aliphatic hydroxyl groups excluding tert-OH is 1. The maximum absolute atomic E-state index is 11.8. The van der Waals surface area contributed by atoms with Gasteiger partial charge >= 0.3 is 5.97 Å². The summed E-state index contributed by atoms with van der Waals surface area (Å²) in [5.74, 6) is -1.03. The number of carboxylic acid groups (broad SMARTS) is 1. The largest absolute Gasteiger partial charge is 0.478 e. The molecule has 7 nitrogen and oxygen atoms in total. The molecule has 0 aliphatic carbocycles. The van der Waals surface area contributed by atoms with Gasteiger partial charge in [0.05, 0.1) is 24.4 Å². The Morgan fingerprint density at radius 1 is 0.897 bits per heavy atom. The number of rotatable bonds is 9. The Balaban J connectivity index is 1.47. The molecule has 0 radical (unpaired) electrons. The van der Waals surface area contributed by atoms with Gasteiger partial charge < -0.3 is 25.0 Å². The number of hydrogen-bond donors (Lipinski definition) is 3. The maximum atomic E-state index is 11.8. The average molecular weight is 611 g/mol. The fourth-order valence-corrected chi connectivity index (χ4v) is 5.10. The van der Waals surface area contributed by atoms with Gasteiger partial charge in [-0.3, -0.25) is 4.79 Å². The molecule has 4 rings (SSSR count). The Morgan fingerprint density at radius 3 is 2.10 bits per heavy atom. The second-order valence-electron chi connectivity index (χ2n) is 8.91. The predicted molar refractivity (Wildman–Crippen MR) is 151 cm³/mol. The highest BCUT2D eigenvalue weighted by atomic mass is 35.6. The smallest absolute Gasteiger partial charge is 0.335 e. The quantitative estimate of drug-likeness (QED) is 0.196. The van der Waals surface area contributed by atoms with Gasteiger partial charge in [-0.15, -0.1) is 11.8 Å². The zero-order valence-electron chi connectivity index (χ0n) is 20.6. The number of alkyl halides is 3. The first-order chi connectivity index (χ1) is 18.6. The third-order valence-electron chi connectivity index (χ3n) is 6.11. The van der Waals surface area contributed by atoms with Crippen molar-refractivity contribution >= 4 is 58.4 Å². The number of aromatic carboxylic acids is 1. The van der Waals surface area contributed by atoms with E-state index < -0.39 is 22.0 Å². The zero-order chi connectivity index (χ0) is 28.0. The Labute approximate surface area is 245 Å². The normalized spacial score (nSPS) is 19.4. The van der Waals surface area contributed by atoms with Gasteiger partial charge in [0, 0.05) is 29.2 Å². The third-order valence-corrected chi connectivity index (χ3v) is 7.77. The van der Waals surface area contributed by atoms with Gasteiger partial charge in [-0.1, -0.05) is 83.3 Å². The minimum atomic E-state index is -2.03. The number of amides is 1. The van der Waals surface area contributed by atoms with Crippen molar-refractivity contribution in [1.29, 1.82) is 0 Å². The van der Waals surface area contributed by atoms with Crippen LogP contribution in [0.2, 0.25) is 0 Å². The van der Waals surface area contributed by atoms with Crippen LogP contribution in [0.4, 0.5) is 0 Å². The lowest BCUT2D eigenvalue weighted by Crippen LogP contribution is -2.34. The van der Waals surface area contributed by atoms with Gasteiger partial charge in [0.2, 0.25) is 0 Å². The summed E-state index contributed by atoms with van der Waals surface area (Å²) in [6.07, 6.45) is -0.402. The van der Waals surface area contributed by atoms with Crippen LogP contribution < -0.4 is 5.32 Å². The molecule has 3 aromatic rings. The lowest BCUT2D eigenvalue weighted by atomic mass is 10.0. The summed E-state index contributed by atoms with van der Waals surface area (Å²) in [5.41, 5.74) is 3.65. The van der Waals surface area contributed by atoms with Gasteiger partial charge in [0.25, 0.3) is 9.70 Å². The van der Waals surface area contributed by atoms with Gasteiger partial charge in [-0.25, -0.2) is 4.79 Å². The van der Waals surface area contributed by atoms with Crippen molar-refractivity contribution in [3.63, 3.8) is 0 Å². The van der Waals surface area contributed by atoms with Crippen LogP contribution in [0.5, 0.6) is 0 Å². The highest BCUT2D eigenvalue weighted by molar-refractivity contribution is 7.99. The first kappa shape index (κ1) is 29.7. The molecule has 206 valence electrons. The minimum Gasteiger partial charge on any atom is -0.478 e. The van der Waals surface area contributed by atoms with Crippen molar-refractivity contribution in [2.45, 2.75) is 46.8 Å². The van der Waals surface area contributed by atoms with E-state index in [0.717, 1.165) is 27.1 Å². The second-order valence-corrected chi connectivity index (χ2v) is 12.3. The molecule has 11 heteroatoms. The molecule has 1 aliphatic heterocycles. The number of carbonyl (C=O) groups is 2. The van der Waals surface area contributed by atoms with Crippen LogP contribution in [0.3, 0.4) is 0 Å². The molecule has 3 N–H and O–H groups in total. The summed E-state index contributed by atoms with van der Waals surface area (Å²) < 4.78 is 10.7. The molecule has 3 aromatic carbocycles. The van der Waals surface area contributed by atoms with Gasteiger partial charge in [0.1, 0.15) is 0 Å². The molecular weight excluding hydrogens is 585 g/mol. The van der Waals surface area contributed by atoms with E-state index in [-0.39, 0.29) is 30.9 Å². The maximum Gasteiger partial charge on any atom is 0.335 e. The summed E-state index contributed by atoms with van der Waals surface area (Å²) in [6, 6.07) is 21.8. The van der Waals surface area contributed by atoms with Crippen LogP contribution in [0.25, 0.3) is 0 Å². The second kappa shape index (κ2) is 13.4. The molecule has 3 atom stereocenters. The molecule has 0 spiro atoms. The van der Waals surface area contributed by atoms with E-state index in [9.17, 15) is 14.7 Å². The predicted octanol–water partition coefficient (Wildman–Crippen LogP) is 6.20. The van der Waals surface area contributed by atoms with Crippen molar-refractivity contribution in [1.82, 2.24) is 5.32 Å². The number of aliphatic hydroxyl groups is 1. The van der Waals surface area contributed by atoms with Crippen LogP contribution in [0.15, 0.2) is 77.7 Å². The van der Waals surface area contributed by atoms with E-state index in [1.165, 1.54) is 0 Å². The molecule has 1 aliphatic rings. The van der Waals surface area contributed by atoms with Gasteiger partial charge in [0.15, 0.2) is 6.29 Å². The van der Waals surface area contributed by atoms with E-state index in [4.69, 9.17) is 49.4 Å². The summed E-state index contributed by atoms with van der Waals surface area (Å²) in [6.45, 7) is 0.158. The van der Waals surface area contributed by atoms with E-state index in [1.54, 1.807) is 36.0 Å². The highest BCUT2D eigenvalue weighted by Gasteiger charge is 2.33. The molecule has 0 bridgehead atoms. The van der Waals surface area contributed by atoms with E-state index >= 15 is 0 Å². The molecule has 1 amide bonds. The Hall–Kier alpha value is -2.30. The van der Waals surface area contributed by atoms with Crippen LogP contribution in [0, 0.1) is 0 Å². The molecule has 39 heavy (non-hydrogen) atoms. The van der Waals surface area contributed by atoms with E-state index in [0.29, 0.717) is 12.2 Å². The number of carbonyl (C=O) groups excluding carboxylic acids is 1. The minimum absolute atomic E-state index is 0.0358. The molecule has 0 saturated carbocycles. The number of thioether (sulfide) groups is 1. The highest BCUT2D eigenvalue weighted by Crippen LogP contribution is 2.39. The molecule has 1 saturated heterocycles. The van der Waals surface area contributed by atoms with Crippen molar-refractivity contribution in [3.05, 3.63) is 101 Å². The van der Waals surface area contributed by atoms with Gasteiger partial charge in [-0.2, -0.15) is 0 Å². The number of hydrogen-bond acceptors (Lipinski definition) is 6. The van der Waals surface area contributed by atoms with Crippen molar-refractivity contribution in [3.8, 4) is 0 Å². The summed E-state index contributed by atoms with van der Waals surface area (Å²) >= 11 is 18.4. The Bertz CT molecular complexity index is 1270. The van der Waals surface area contributed by atoms with Crippen molar-refractivity contribution in [2.24, 2.45) is 0 Å². The standard InChI is InChI=1S/C28H26Cl3NO6S/c29-28(30,31)27(36)32-14-17-1-7-21(8-2-17)26-37-22(16-39-23-11-9-20(10-12-23)25(34)35)13-24(38-26)19-5-3-18(15-33)4-6-19/h1-12,22,24,26,33H,13-16H2,(H,32,36)(H,34,35)/t22-,24+,26+/m1/s1. The summed E-state index contributed by atoms with van der Waals surface area (Å²) in [5, 5.41) is 21.1. The number of halogens is 3. The van der Waals surface area contributed by atoms with Gasteiger partial charge in [-0.05, 0) is 41.0 Å². The van der Waals surface area contributed by atoms with Crippen LogP contribution >= 0.6 is 46.6 Å². The lowest BCUT2D eigenvalue weighted by molar-refractivity contribution is -0.245. The number of benzene rings is 3. The molecule has 1 fully saturated rings. The SMILES string of the molecule is O=C(O)c1ccc(SC[C@H]2C[C@@H](c3ccc(CO)cc3)O[C@@H](c3ccc(CNC(=O)C(Cl)(Cl)Cl)cc3)O2)cc1. The fraction of sp³-hybridized carbons (Fsp3) is 0.286. The number of carboxylic acids is 1. The zero-order valence-corrected chi connectivity index (χ0v) is 23.6. The number of nitrogens with one attached hydrogen (secondary N) is 1. The first-order valence-electron chi connectivity index (χ1n) is 12.0. The van der Waals surface area contributed by atoms with Crippen LogP contribution in [-0.4, -0.2) is 37.7 Å². The average Bonchev–Trinajstić information content (AvgIpc) is 2.94. The molecule has 0 unspecified atom stereocenters. The fourth-order valence-electron chi connectivity index (χ4n) is 3.98. The summed E-state index contributed by atoms with van der Waals surface area (Å²) in [4.78, 5) is 23.9.